The van der Waals surface area contributed by atoms with Crippen LogP contribution in [-0.2, 0) is 20.8 Å². The zero-order chi connectivity index (χ0) is 27.9. The van der Waals surface area contributed by atoms with E-state index in [9.17, 15) is 4.79 Å². The number of nitrogens with zero attached hydrogens (tertiary/aromatic N) is 1. The number of fused-ring (bicyclic) bond motifs is 1. The van der Waals surface area contributed by atoms with Crippen LogP contribution in [0, 0.1) is 0 Å². The smallest absolute Gasteiger partial charge is 0.308 e. The predicted octanol–water partition coefficient (Wildman–Crippen LogP) is 7.19. The molecular formula is C36H32N2O3. The molecule has 0 bridgehead atoms. The van der Waals surface area contributed by atoms with E-state index in [2.05, 4.69) is 41.7 Å². The number of carbonyl (C=O) groups is 1. The molecule has 0 saturated heterocycles. The van der Waals surface area contributed by atoms with Crippen LogP contribution in [0.2, 0.25) is 0 Å². The zero-order valence-electron chi connectivity index (χ0n) is 22.7. The number of nitrogens with one attached hydrogen (secondary N) is 1. The van der Waals surface area contributed by atoms with Crippen LogP contribution >= 0.6 is 0 Å². The Kier molecular flexibility index (Phi) is 8.15. The Morgan fingerprint density at radius 3 is 2.15 bits per heavy atom. The average Bonchev–Trinajstić information content (AvgIpc) is 3.53. The number of rotatable bonds is 10. The molecule has 1 heterocycles. The minimum atomic E-state index is -0.563. The van der Waals surface area contributed by atoms with Gasteiger partial charge in [0.05, 0.1) is 6.42 Å². The van der Waals surface area contributed by atoms with E-state index in [0.29, 0.717) is 19.0 Å². The van der Waals surface area contributed by atoms with Crippen LogP contribution in [0.4, 0.5) is 0 Å². The van der Waals surface area contributed by atoms with Gasteiger partial charge in [0, 0.05) is 18.2 Å². The van der Waals surface area contributed by atoms with Gasteiger partial charge in [-0.05, 0) is 39.6 Å². The number of hydrogen-bond acceptors (Lipinski definition) is 5. The Bertz CT molecular complexity index is 1620. The second kappa shape index (κ2) is 12.6. The molecule has 0 fully saturated rings. The molecule has 0 radical (unpaired) electrons. The maximum Gasteiger partial charge on any atom is 0.308 e. The maximum absolute atomic E-state index is 13.5. The topological polar surface area (TPSA) is 59.9 Å². The van der Waals surface area contributed by atoms with E-state index >= 15 is 0 Å². The molecule has 5 aromatic carbocycles. The zero-order valence-corrected chi connectivity index (χ0v) is 22.7. The lowest BCUT2D eigenvalue weighted by Gasteiger charge is -2.24. The van der Waals surface area contributed by atoms with Crippen molar-refractivity contribution < 1.29 is 14.3 Å². The normalized spacial score (nSPS) is 16.0. The third kappa shape index (κ3) is 6.53. The average molecular weight is 541 g/mol. The summed E-state index contributed by atoms with van der Waals surface area (Å²) in [6, 6.07) is 43.9. The minimum Gasteiger partial charge on any atom is -0.475 e. The van der Waals surface area contributed by atoms with Gasteiger partial charge in [0.2, 0.25) is 5.90 Å². The second-order valence-electron chi connectivity index (χ2n) is 10.2. The van der Waals surface area contributed by atoms with Gasteiger partial charge in [0.15, 0.2) is 6.10 Å². The largest absolute Gasteiger partial charge is 0.475 e. The van der Waals surface area contributed by atoms with Gasteiger partial charge in [-0.2, -0.15) is 0 Å². The molecule has 0 aliphatic carbocycles. The van der Waals surface area contributed by atoms with Gasteiger partial charge in [0.1, 0.15) is 12.6 Å². The third-order valence-corrected chi connectivity index (χ3v) is 7.37. The molecule has 5 aromatic rings. The molecule has 0 aromatic heterocycles. The van der Waals surface area contributed by atoms with Gasteiger partial charge in [-0.3, -0.25) is 4.79 Å². The quantitative estimate of drug-likeness (QED) is 0.191. The number of benzene rings is 5. The summed E-state index contributed by atoms with van der Waals surface area (Å²) in [6.45, 7) is 0.981. The molecule has 5 nitrogen and oxygen atoms in total. The predicted molar refractivity (Wildman–Crippen MR) is 163 cm³/mol. The first-order valence-corrected chi connectivity index (χ1v) is 14.0. The maximum atomic E-state index is 13.5. The van der Waals surface area contributed by atoms with E-state index in [-0.39, 0.29) is 24.5 Å². The Balaban J connectivity index is 1.21. The van der Waals surface area contributed by atoms with E-state index in [0.717, 1.165) is 33.0 Å². The van der Waals surface area contributed by atoms with Crippen molar-refractivity contribution in [2.24, 2.45) is 4.99 Å². The molecule has 0 amide bonds. The minimum absolute atomic E-state index is 0.189. The summed E-state index contributed by atoms with van der Waals surface area (Å²) in [6.07, 6.45) is -0.373. The Morgan fingerprint density at radius 2 is 1.41 bits per heavy atom. The van der Waals surface area contributed by atoms with Crippen molar-refractivity contribution in [1.29, 1.82) is 0 Å². The lowest BCUT2D eigenvalue weighted by molar-refractivity contribution is -0.151. The number of hydrogen-bond donors (Lipinski definition) is 1. The van der Waals surface area contributed by atoms with Crippen LogP contribution < -0.4 is 5.32 Å². The summed E-state index contributed by atoms with van der Waals surface area (Å²) >= 11 is 0. The van der Waals surface area contributed by atoms with Gasteiger partial charge in [-0.15, -0.1) is 0 Å². The standard InChI is InChI=1S/C36H32N2O3/c39-34(23-32(28-15-6-2-7-16-28)37-24-26-12-4-1-5-13-26)41-35(29-17-8-3-9-18-29)33-25-40-36(38-33)31-21-20-27-14-10-11-19-30(27)22-31/h1-22,32-33,35,37H,23-25H2/t32-,33-,35-/m0/s1. The van der Waals surface area contributed by atoms with E-state index in [1.54, 1.807) is 0 Å². The lowest BCUT2D eigenvalue weighted by atomic mass is 10.0. The van der Waals surface area contributed by atoms with Gasteiger partial charge >= 0.3 is 5.97 Å². The summed E-state index contributed by atoms with van der Waals surface area (Å²) in [4.78, 5) is 18.4. The van der Waals surface area contributed by atoms with Crippen LogP contribution in [0.25, 0.3) is 10.8 Å². The van der Waals surface area contributed by atoms with Crippen molar-refractivity contribution in [3.8, 4) is 0 Å². The van der Waals surface area contributed by atoms with Crippen molar-refractivity contribution in [3.63, 3.8) is 0 Å². The Hall–Kier alpha value is -4.74. The third-order valence-electron chi connectivity index (χ3n) is 7.37. The SMILES string of the molecule is O=C(C[C@H](NCc1ccccc1)c1ccccc1)O[C@@H](c1ccccc1)[C@@H]1COC(c2ccc3ccccc3c2)=N1. The van der Waals surface area contributed by atoms with Crippen molar-refractivity contribution >= 4 is 22.6 Å². The molecule has 3 atom stereocenters. The van der Waals surface area contributed by atoms with Gasteiger partial charge < -0.3 is 14.8 Å². The fourth-order valence-corrected chi connectivity index (χ4v) is 5.22. The van der Waals surface area contributed by atoms with Crippen molar-refractivity contribution in [3.05, 3.63) is 156 Å². The first kappa shape index (κ1) is 26.5. The monoisotopic (exact) mass is 540 g/mol. The molecule has 204 valence electrons. The molecule has 1 aliphatic rings. The molecule has 0 unspecified atom stereocenters. The highest BCUT2D eigenvalue weighted by Crippen LogP contribution is 2.30. The van der Waals surface area contributed by atoms with E-state index in [1.165, 1.54) is 0 Å². The lowest BCUT2D eigenvalue weighted by Crippen LogP contribution is -2.28. The summed E-state index contributed by atoms with van der Waals surface area (Å²) in [5, 5.41) is 5.84. The summed E-state index contributed by atoms with van der Waals surface area (Å²) in [5.74, 6) is 0.284. The summed E-state index contributed by atoms with van der Waals surface area (Å²) < 4.78 is 12.3. The number of ether oxygens (including phenoxy) is 2. The van der Waals surface area contributed by atoms with Crippen molar-refractivity contribution in [2.75, 3.05) is 6.61 Å². The molecule has 0 spiro atoms. The van der Waals surface area contributed by atoms with Gasteiger partial charge in [-0.1, -0.05) is 121 Å². The molecule has 5 heteroatoms. The Labute approximate surface area is 240 Å². The summed E-state index contributed by atoms with van der Waals surface area (Å²) in [5.41, 5.74) is 4.00. The van der Waals surface area contributed by atoms with Crippen LogP contribution in [0.3, 0.4) is 0 Å². The fourth-order valence-electron chi connectivity index (χ4n) is 5.22. The highest BCUT2D eigenvalue weighted by Gasteiger charge is 2.33. The Morgan fingerprint density at radius 1 is 0.780 bits per heavy atom. The van der Waals surface area contributed by atoms with Crippen LogP contribution in [0.5, 0.6) is 0 Å². The first-order chi connectivity index (χ1) is 20.2. The van der Waals surface area contributed by atoms with Crippen LogP contribution in [-0.4, -0.2) is 24.5 Å². The highest BCUT2D eigenvalue weighted by molar-refractivity contribution is 5.99. The van der Waals surface area contributed by atoms with Crippen molar-refractivity contribution in [1.82, 2.24) is 5.32 Å². The first-order valence-electron chi connectivity index (χ1n) is 14.0. The van der Waals surface area contributed by atoms with Crippen molar-refractivity contribution in [2.45, 2.75) is 31.2 Å². The van der Waals surface area contributed by atoms with E-state index in [1.807, 2.05) is 97.1 Å². The molecule has 1 N–H and O–H groups in total. The van der Waals surface area contributed by atoms with E-state index in [4.69, 9.17) is 14.5 Å². The van der Waals surface area contributed by atoms with Gasteiger partial charge in [-0.25, -0.2) is 4.99 Å². The molecule has 41 heavy (non-hydrogen) atoms. The second-order valence-corrected chi connectivity index (χ2v) is 10.2. The molecule has 1 aliphatic heterocycles. The van der Waals surface area contributed by atoms with Crippen LogP contribution in [0.15, 0.2) is 138 Å². The molecule has 6 rings (SSSR count). The van der Waals surface area contributed by atoms with E-state index < -0.39 is 6.10 Å². The molecular weight excluding hydrogens is 508 g/mol. The number of carbonyl (C=O) groups excluding carboxylic acids is 1. The van der Waals surface area contributed by atoms with Gasteiger partial charge in [0.25, 0.3) is 0 Å². The number of aliphatic imine (C=N–C) groups is 1. The van der Waals surface area contributed by atoms with Crippen LogP contribution in [0.1, 0.15) is 40.8 Å². The molecule has 0 saturated carbocycles. The summed E-state index contributed by atoms with van der Waals surface area (Å²) in [7, 11) is 0. The number of esters is 1. The highest BCUT2D eigenvalue weighted by atomic mass is 16.6. The fraction of sp³-hybridized carbons (Fsp3) is 0.167.